The van der Waals surface area contributed by atoms with Crippen LogP contribution in [-0.2, 0) is 6.61 Å². The highest BCUT2D eigenvalue weighted by Gasteiger charge is 2.20. The maximum atomic E-state index is 9.56. The summed E-state index contributed by atoms with van der Waals surface area (Å²) in [6.45, 7) is 5.46. The average Bonchev–Trinajstić information content (AvgIpc) is 2.40. The standard InChI is InChI=1S/C15H24N2O/c1-3-16-14-4-5-15(13(10-14)11-18)12-6-8-17(2)9-7-12/h4-5,10,12,16,18H,3,6-9,11H2,1-2H3. The number of piperidine rings is 1. The van der Waals surface area contributed by atoms with Gasteiger partial charge in [0.1, 0.15) is 0 Å². The Kier molecular flexibility index (Phi) is 4.61. The number of likely N-dealkylation sites (tertiary alicyclic amines) is 1. The SMILES string of the molecule is CCNc1ccc(C2CCN(C)CC2)c(CO)c1. The Bertz CT molecular complexity index is 384. The second-order valence-corrected chi connectivity index (χ2v) is 5.18. The number of hydrogen-bond donors (Lipinski definition) is 2. The summed E-state index contributed by atoms with van der Waals surface area (Å²) in [4.78, 5) is 2.38. The Hall–Kier alpha value is -1.06. The fourth-order valence-corrected chi connectivity index (χ4v) is 2.77. The number of benzene rings is 1. The Labute approximate surface area is 110 Å². The van der Waals surface area contributed by atoms with Crippen molar-refractivity contribution in [3.8, 4) is 0 Å². The average molecular weight is 248 g/mol. The summed E-state index contributed by atoms with van der Waals surface area (Å²) >= 11 is 0. The summed E-state index contributed by atoms with van der Waals surface area (Å²) in [6.07, 6.45) is 2.40. The number of nitrogens with one attached hydrogen (secondary N) is 1. The quantitative estimate of drug-likeness (QED) is 0.859. The van der Waals surface area contributed by atoms with Gasteiger partial charge in [-0.1, -0.05) is 6.07 Å². The number of aliphatic hydroxyl groups is 1. The van der Waals surface area contributed by atoms with Crippen LogP contribution in [0.25, 0.3) is 0 Å². The van der Waals surface area contributed by atoms with Crippen molar-refractivity contribution in [2.75, 3.05) is 32.0 Å². The number of rotatable bonds is 4. The lowest BCUT2D eigenvalue weighted by Crippen LogP contribution is -2.29. The van der Waals surface area contributed by atoms with E-state index in [4.69, 9.17) is 0 Å². The van der Waals surface area contributed by atoms with Crippen molar-refractivity contribution in [2.24, 2.45) is 0 Å². The summed E-state index contributed by atoms with van der Waals surface area (Å²) in [5.74, 6) is 0.610. The Morgan fingerprint density at radius 3 is 2.67 bits per heavy atom. The molecule has 2 N–H and O–H groups in total. The van der Waals surface area contributed by atoms with E-state index in [1.165, 1.54) is 18.4 Å². The third-order valence-electron chi connectivity index (χ3n) is 3.85. The third kappa shape index (κ3) is 3.03. The fraction of sp³-hybridized carbons (Fsp3) is 0.600. The van der Waals surface area contributed by atoms with E-state index in [1.54, 1.807) is 0 Å². The van der Waals surface area contributed by atoms with E-state index in [2.05, 4.69) is 42.4 Å². The Balaban J connectivity index is 2.16. The van der Waals surface area contributed by atoms with Gasteiger partial charge >= 0.3 is 0 Å². The molecule has 18 heavy (non-hydrogen) atoms. The van der Waals surface area contributed by atoms with Crippen molar-refractivity contribution in [3.05, 3.63) is 29.3 Å². The monoisotopic (exact) mass is 248 g/mol. The molecule has 0 aromatic heterocycles. The van der Waals surface area contributed by atoms with Gasteiger partial charge in [0.05, 0.1) is 6.61 Å². The predicted octanol–water partition coefficient (Wildman–Crippen LogP) is 2.42. The second-order valence-electron chi connectivity index (χ2n) is 5.18. The van der Waals surface area contributed by atoms with Crippen molar-refractivity contribution in [1.29, 1.82) is 0 Å². The summed E-state index contributed by atoms with van der Waals surface area (Å²) < 4.78 is 0. The van der Waals surface area contributed by atoms with Gasteiger partial charge in [0.25, 0.3) is 0 Å². The molecule has 1 aliphatic heterocycles. The summed E-state index contributed by atoms with van der Waals surface area (Å²) in [6, 6.07) is 6.42. The van der Waals surface area contributed by atoms with Gasteiger partial charge in [0.2, 0.25) is 0 Å². The molecule has 1 aromatic rings. The highest BCUT2D eigenvalue weighted by atomic mass is 16.3. The molecule has 1 aromatic carbocycles. The molecule has 1 fully saturated rings. The predicted molar refractivity (Wildman–Crippen MR) is 76.0 cm³/mol. The van der Waals surface area contributed by atoms with Gasteiger partial charge in [-0.15, -0.1) is 0 Å². The fourth-order valence-electron chi connectivity index (χ4n) is 2.77. The normalized spacial score (nSPS) is 17.9. The maximum Gasteiger partial charge on any atom is 0.0685 e. The van der Waals surface area contributed by atoms with Gasteiger partial charge in [-0.3, -0.25) is 0 Å². The Morgan fingerprint density at radius 2 is 2.06 bits per heavy atom. The number of anilines is 1. The van der Waals surface area contributed by atoms with Crippen LogP contribution in [0.4, 0.5) is 5.69 Å². The van der Waals surface area contributed by atoms with Crippen LogP contribution >= 0.6 is 0 Å². The molecule has 100 valence electrons. The van der Waals surface area contributed by atoms with Crippen LogP contribution in [0.5, 0.6) is 0 Å². The van der Waals surface area contributed by atoms with Gasteiger partial charge in [0.15, 0.2) is 0 Å². The second kappa shape index (κ2) is 6.21. The number of aliphatic hydroxyl groups excluding tert-OH is 1. The van der Waals surface area contributed by atoms with Crippen LogP contribution in [0.3, 0.4) is 0 Å². The van der Waals surface area contributed by atoms with Gasteiger partial charge < -0.3 is 15.3 Å². The molecule has 0 spiro atoms. The lowest BCUT2D eigenvalue weighted by atomic mass is 9.86. The first-order valence-electron chi connectivity index (χ1n) is 6.90. The van der Waals surface area contributed by atoms with Gasteiger partial charge in [-0.05, 0) is 69.1 Å². The third-order valence-corrected chi connectivity index (χ3v) is 3.85. The number of hydrogen-bond acceptors (Lipinski definition) is 3. The van der Waals surface area contributed by atoms with E-state index in [9.17, 15) is 5.11 Å². The van der Waals surface area contributed by atoms with E-state index in [-0.39, 0.29) is 6.61 Å². The molecule has 0 atom stereocenters. The minimum atomic E-state index is 0.140. The smallest absolute Gasteiger partial charge is 0.0685 e. The lowest BCUT2D eigenvalue weighted by molar-refractivity contribution is 0.249. The lowest BCUT2D eigenvalue weighted by Gasteiger charge is -2.30. The van der Waals surface area contributed by atoms with Crippen LogP contribution < -0.4 is 5.32 Å². The molecular formula is C15H24N2O. The van der Waals surface area contributed by atoms with Crippen molar-refractivity contribution in [1.82, 2.24) is 4.90 Å². The first kappa shape index (κ1) is 13.4. The number of nitrogens with zero attached hydrogens (tertiary/aromatic N) is 1. The topological polar surface area (TPSA) is 35.5 Å². The van der Waals surface area contributed by atoms with Gasteiger partial charge in [-0.25, -0.2) is 0 Å². The highest BCUT2D eigenvalue weighted by Crippen LogP contribution is 2.31. The molecule has 1 aliphatic rings. The van der Waals surface area contributed by atoms with Gasteiger partial charge in [0, 0.05) is 12.2 Å². The highest BCUT2D eigenvalue weighted by molar-refractivity contribution is 5.49. The largest absolute Gasteiger partial charge is 0.392 e. The molecule has 3 heteroatoms. The summed E-state index contributed by atoms with van der Waals surface area (Å²) in [7, 11) is 2.18. The van der Waals surface area contributed by atoms with Crippen molar-refractivity contribution < 1.29 is 5.11 Å². The van der Waals surface area contributed by atoms with E-state index < -0.39 is 0 Å². The molecule has 0 amide bonds. The van der Waals surface area contributed by atoms with Crippen LogP contribution in [0.1, 0.15) is 36.8 Å². The molecular weight excluding hydrogens is 224 g/mol. The summed E-state index contributed by atoms with van der Waals surface area (Å²) in [5, 5.41) is 12.9. The van der Waals surface area contributed by atoms with Crippen molar-refractivity contribution in [2.45, 2.75) is 32.3 Å². The van der Waals surface area contributed by atoms with E-state index in [1.807, 2.05) is 0 Å². The molecule has 0 saturated carbocycles. The van der Waals surface area contributed by atoms with Crippen LogP contribution in [0.15, 0.2) is 18.2 Å². The van der Waals surface area contributed by atoms with Crippen molar-refractivity contribution in [3.63, 3.8) is 0 Å². The summed E-state index contributed by atoms with van der Waals surface area (Å²) in [5.41, 5.74) is 3.54. The van der Waals surface area contributed by atoms with Crippen LogP contribution in [-0.4, -0.2) is 36.7 Å². The first-order valence-corrected chi connectivity index (χ1v) is 6.90. The molecule has 2 rings (SSSR count). The zero-order chi connectivity index (χ0) is 13.0. The zero-order valence-electron chi connectivity index (χ0n) is 11.4. The van der Waals surface area contributed by atoms with E-state index in [0.29, 0.717) is 5.92 Å². The molecule has 3 nitrogen and oxygen atoms in total. The molecule has 0 unspecified atom stereocenters. The minimum Gasteiger partial charge on any atom is -0.392 e. The molecule has 1 saturated heterocycles. The minimum absolute atomic E-state index is 0.140. The van der Waals surface area contributed by atoms with E-state index >= 15 is 0 Å². The molecule has 0 aliphatic carbocycles. The van der Waals surface area contributed by atoms with Crippen LogP contribution in [0.2, 0.25) is 0 Å². The van der Waals surface area contributed by atoms with Crippen LogP contribution in [0, 0.1) is 0 Å². The molecule has 1 heterocycles. The first-order chi connectivity index (χ1) is 8.74. The van der Waals surface area contributed by atoms with E-state index in [0.717, 1.165) is 30.9 Å². The van der Waals surface area contributed by atoms with Crippen molar-refractivity contribution >= 4 is 5.69 Å². The maximum absolute atomic E-state index is 9.56. The van der Waals surface area contributed by atoms with Gasteiger partial charge in [-0.2, -0.15) is 0 Å². The zero-order valence-corrected chi connectivity index (χ0v) is 11.4. The molecule has 0 radical (unpaired) electrons. The molecule has 0 bridgehead atoms. The Morgan fingerprint density at radius 1 is 1.33 bits per heavy atom.